The van der Waals surface area contributed by atoms with E-state index in [-0.39, 0.29) is 19.1 Å². The van der Waals surface area contributed by atoms with Gasteiger partial charge in [0.2, 0.25) is 5.91 Å². The Hall–Kier alpha value is -3.53. The molecule has 33 heavy (non-hydrogen) atoms. The van der Waals surface area contributed by atoms with Crippen LogP contribution < -0.4 is 10.6 Å². The molecule has 3 N–H and O–H groups in total. The highest BCUT2D eigenvalue weighted by molar-refractivity contribution is 5.87. The van der Waals surface area contributed by atoms with Crippen LogP contribution in [0.4, 0.5) is 13.6 Å². The molecule has 0 saturated heterocycles. The highest BCUT2D eigenvalue weighted by Gasteiger charge is 2.40. The number of halogens is 2. The van der Waals surface area contributed by atoms with Crippen LogP contribution in [0.3, 0.4) is 0 Å². The smallest absolute Gasteiger partial charge is 0.407 e. The predicted octanol–water partition coefficient (Wildman–Crippen LogP) is 2.29. The summed E-state index contributed by atoms with van der Waals surface area (Å²) < 4.78 is 32.0. The second-order valence-electron chi connectivity index (χ2n) is 8.01. The van der Waals surface area contributed by atoms with E-state index in [2.05, 4.69) is 5.32 Å². The number of alkyl carbamates (subject to hydrolysis) is 1. The number of hydrogen-bond acceptors (Lipinski definition) is 5. The molecule has 0 fully saturated rings. The van der Waals surface area contributed by atoms with Crippen LogP contribution in [-0.4, -0.2) is 73.7 Å². The molecule has 10 heteroatoms. The lowest BCUT2D eigenvalue weighted by molar-refractivity contribution is -0.164. The molecule has 0 saturated carbocycles. The van der Waals surface area contributed by atoms with Crippen LogP contribution in [0.2, 0.25) is 0 Å². The van der Waals surface area contributed by atoms with Gasteiger partial charge >= 0.3 is 18.0 Å². The van der Waals surface area contributed by atoms with E-state index in [0.717, 1.165) is 22.3 Å². The van der Waals surface area contributed by atoms with Gasteiger partial charge in [-0.25, -0.2) is 9.59 Å². The van der Waals surface area contributed by atoms with Crippen molar-refractivity contribution in [1.82, 2.24) is 15.5 Å². The van der Waals surface area contributed by atoms with Crippen LogP contribution in [-0.2, 0) is 14.3 Å². The number of carbonyl (C=O) groups is 3. The first-order valence-corrected chi connectivity index (χ1v) is 10.3. The quantitative estimate of drug-likeness (QED) is 0.529. The number of aliphatic carboxylic acids is 1. The van der Waals surface area contributed by atoms with E-state index in [1.807, 2.05) is 53.8 Å². The van der Waals surface area contributed by atoms with Crippen molar-refractivity contribution in [2.45, 2.75) is 17.9 Å². The van der Waals surface area contributed by atoms with Crippen LogP contribution in [0.5, 0.6) is 0 Å². The summed E-state index contributed by atoms with van der Waals surface area (Å²) >= 11 is 0. The van der Waals surface area contributed by atoms with Crippen LogP contribution in [0.15, 0.2) is 48.5 Å². The Bertz CT molecular complexity index is 999. The van der Waals surface area contributed by atoms with E-state index in [4.69, 9.17) is 9.84 Å². The minimum atomic E-state index is -4.12. The number of alkyl halides is 2. The number of nitrogens with zero attached hydrogens (tertiary/aromatic N) is 1. The number of amides is 2. The van der Waals surface area contributed by atoms with Crippen molar-refractivity contribution < 1.29 is 33.0 Å². The van der Waals surface area contributed by atoms with Gasteiger partial charge in [-0.3, -0.25) is 4.79 Å². The molecule has 0 heterocycles. The average Bonchev–Trinajstić information content (AvgIpc) is 3.09. The predicted molar refractivity (Wildman–Crippen MR) is 116 cm³/mol. The summed E-state index contributed by atoms with van der Waals surface area (Å²) in [7, 11) is 3.26. The first kappa shape index (κ1) is 24.1. The highest BCUT2D eigenvalue weighted by Crippen LogP contribution is 2.44. The van der Waals surface area contributed by atoms with Crippen molar-refractivity contribution >= 4 is 18.0 Å². The third kappa shape index (κ3) is 5.64. The van der Waals surface area contributed by atoms with Crippen LogP contribution in [0, 0.1) is 0 Å². The van der Waals surface area contributed by atoms with Gasteiger partial charge in [0.05, 0.1) is 6.54 Å². The number of rotatable bonds is 9. The summed E-state index contributed by atoms with van der Waals surface area (Å²) in [6.07, 6.45) is -0.885. The zero-order valence-corrected chi connectivity index (χ0v) is 18.2. The molecule has 8 nitrogen and oxygen atoms in total. The fourth-order valence-corrected chi connectivity index (χ4v) is 3.74. The molecule has 176 valence electrons. The Balaban J connectivity index is 1.64. The zero-order valence-electron chi connectivity index (χ0n) is 18.2. The van der Waals surface area contributed by atoms with Gasteiger partial charge in [0.15, 0.2) is 0 Å². The van der Waals surface area contributed by atoms with E-state index >= 15 is 0 Å². The van der Waals surface area contributed by atoms with Crippen LogP contribution in [0.25, 0.3) is 11.1 Å². The molecule has 2 amide bonds. The summed E-state index contributed by atoms with van der Waals surface area (Å²) in [5.41, 5.74) is 4.16. The van der Waals surface area contributed by atoms with Gasteiger partial charge in [-0.05, 0) is 36.3 Å². The third-order valence-electron chi connectivity index (χ3n) is 5.30. The first-order chi connectivity index (χ1) is 15.6. The minimum absolute atomic E-state index is 0.00529. The summed E-state index contributed by atoms with van der Waals surface area (Å²) in [4.78, 5) is 36.9. The van der Waals surface area contributed by atoms with Gasteiger partial charge in [0, 0.05) is 12.5 Å². The molecule has 0 aromatic heterocycles. The number of hydrogen-bond donors (Lipinski definition) is 3. The van der Waals surface area contributed by atoms with Gasteiger partial charge in [0.1, 0.15) is 12.6 Å². The number of fused-ring (bicyclic) bond motifs is 3. The number of ether oxygens (including phenoxy) is 1. The zero-order chi connectivity index (χ0) is 24.2. The summed E-state index contributed by atoms with van der Waals surface area (Å²) in [5.74, 6) is -7.60. The maximum atomic E-state index is 13.3. The standard InChI is InChI=1S/C23H25F2N3O5/c1-28(2)11-19(20(29)26-13-23(24,25)21(30)31)27-22(32)33-12-18-16-9-5-3-7-14(16)15-8-4-6-10-17(15)18/h3-10,18-19H,11-13H2,1-2H3,(H,26,29)(H,27,32)(H,30,31). The van der Waals surface area contributed by atoms with E-state index in [1.165, 1.54) is 0 Å². The molecule has 0 bridgehead atoms. The molecule has 1 unspecified atom stereocenters. The van der Waals surface area contributed by atoms with Gasteiger partial charge in [-0.1, -0.05) is 48.5 Å². The Kier molecular flexibility index (Phi) is 7.27. The lowest BCUT2D eigenvalue weighted by Crippen LogP contribution is -2.54. The molecular weight excluding hydrogens is 436 g/mol. The second kappa shape index (κ2) is 9.95. The molecule has 2 aromatic rings. The molecule has 3 rings (SSSR count). The second-order valence-corrected chi connectivity index (χ2v) is 8.01. The van der Waals surface area contributed by atoms with Crippen molar-refractivity contribution in [1.29, 1.82) is 0 Å². The molecule has 0 spiro atoms. The number of carboxylic acid groups (broad SMARTS) is 1. The Labute approximate surface area is 189 Å². The molecule has 1 atom stereocenters. The fraction of sp³-hybridized carbons (Fsp3) is 0.348. The number of benzene rings is 2. The lowest BCUT2D eigenvalue weighted by atomic mass is 9.98. The topological polar surface area (TPSA) is 108 Å². The maximum Gasteiger partial charge on any atom is 0.407 e. The van der Waals surface area contributed by atoms with Crippen molar-refractivity contribution in [2.75, 3.05) is 33.8 Å². The molecule has 0 aliphatic heterocycles. The van der Waals surface area contributed by atoms with E-state index in [9.17, 15) is 23.2 Å². The maximum absolute atomic E-state index is 13.3. The summed E-state index contributed by atoms with van der Waals surface area (Å²) in [6, 6.07) is 14.4. The number of carbonyl (C=O) groups excluding carboxylic acids is 2. The monoisotopic (exact) mass is 461 g/mol. The Morgan fingerprint density at radius 3 is 2.12 bits per heavy atom. The number of likely N-dealkylation sites (N-methyl/N-ethyl adjacent to an activating group) is 1. The molecule has 2 aromatic carbocycles. The lowest BCUT2D eigenvalue weighted by Gasteiger charge is -2.23. The van der Waals surface area contributed by atoms with E-state index in [1.54, 1.807) is 19.0 Å². The highest BCUT2D eigenvalue weighted by atomic mass is 19.3. The minimum Gasteiger partial charge on any atom is -0.477 e. The van der Waals surface area contributed by atoms with Crippen molar-refractivity contribution in [3.05, 3.63) is 59.7 Å². The summed E-state index contributed by atoms with van der Waals surface area (Å²) in [5, 5.41) is 12.7. The van der Waals surface area contributed by atoms with Gasteiger partial charge in [-0.2, -0.15) is 8.78 Å². The Morgan fingerprint density at radius 2 is 1.61 bits per heavy atom. The third-order valence-corrected chi connectivity index (χ3v) is 5.30. The van der Waals surface area contributed by atoms with Crippen molar-refractivity contribution in [2.24, 2.45) is 0 Å². The largest absolute Gasteiger partial charge is 0.477 e. The van der Waals surface area contributed by atoms with E-state index in [0.29, 0.717) is 0 Å². The molecule has 0 radical (unpaired) electrons. The SMILES string of the molecule is CN(C)CC(NC(=O)OCC1c2ccccc2-c2ccccc21)C(=O)NCC(F)(F)C(=O)O. The van der Waals surface area contributed by atoms with Gasteiger partial charge < -0.3 is 25.4 Å². The van der Waals surface area contributed by atoms with Crippen LogP contribution >= 0.6 is 0 Å². The molecule has 1 aliphatic rings. The first-order valence-electron chi connectivity index (χ1n) is 10.3. The Morgan fingerprint density at radius 1 is 1.06 bits per heavy atom. The van der Waals surface area contributed by atoms with E-state index < -0.39 is 36.5 Å². The molecular formula is C23H25F2N3O5. The van der Waals surface area contributed by atoms with Gasteiger partial charge in [-0.15, -0.1) is 0 Å². The number of carboxylic acids is 1. The van der Waals surface area contributed by atoms with Crippen molar-refractivity contribution in [3.8, 4) is 11.1 Å². The molecule has 1 aliphatic carbocycles. The average molecular weight is 461 g/mol. The summed E-state index contributed by atoms with van der Waals surface area (Å²) in [6.45, 7) is -1.38. The van der Waals surface area contributed by atoms with Gasteiger partial charge in [0.25, 0.3) is 0 Å². The van der Waals surface area contributed by atoms with Crippen molar-refractivity contribution in [3.63, 3.8) is 0 Å². The number of nitrogens with one attached hydrogen (secondary N) is 2. The fourth-order valence-electron chi connectivity index (χ4n) is 3.74. The normalized spacial score (nSPS) is 13.7. The van der Waals surface area contributed by atoms with Crippen LogP contribution in [0.1, 0.15) is 17.0 Å².